The van der Waals surface area contributed by atoms with Crippen LogP contribution in [-0.2, 0) is 0 Å². The van der Waals surface area contributed by atoms with Gasteiger partial charge in [0.25, 0.3) is 0 Å². The first-order valence-electron chi connectivity index (χ1n) is 5.82. The molecule has 0 aliphatic heterocycles. The summed E-state index contributed by atoms with van der Waals surface area (Å²) >= 11 is 0. The average molecular weight is 252 g/mol. The molecule has 0 saturated carbocycles. The average Bonchev–Trinajstić information content (AvgIpc) is 2.38. The highest BCUT2D eigenvalue weighted by atomic mass is 16.5. The molecule has 0 bridgehead atoms. The minimum Gasteiger partial charge on any atom is -0.493 e. The van der Waals surface area contributed by atoms with E-state index in [1.165, 1.54) is 0 Å². The fraction of sp³-hybridized carbons (Fsp3) is 0.500. The third-order valence-electron chi connectivity index (χ3n) is 2.60. The first-order valence-corrected chi connectivity index (χ1v) is 5.82. The first-order chi connectivity index (χ1) is 8.60. The molecule has 0 aromatic carbocycles. The molecule has 3 N–H and O–H groups in total. The van der Waals surface area contributed by atoms with Crippen molar-refractivity contribution in [3.8, 4) is 5.75 Å². The number of aromatic nitrogens is 1. The Kier molecular flexibility index (Phi) is 5.23. The van der Waals surface area contributed by atoms with Crippen LogP contribution < -0.4 is 15.4 Å². The fourth-order valence-electron chi connectivity index (χ4n) is 1.65. The van der Waals surface area contributed by atoms with Crippen LogP contribution in [0.3, 0.4) is 0 Å². The Morgan fingerprint density at radius 1 is 1.61 bits per heavy atom. The van der Waals surface area contributed by atoms with Crippen LogP contribution in [-0.4, -0.2) is 35.7 Å². The van der Waals surface area contributed by atoms with Crippen LogP contribution in [0, 0.1) is 0 Å². The molecule has 6 heteroatoms. The fourth-order valence-corrected chi connectivity index (χ4v) is 1.65. The number of anilines is 1. The molecular weight excluding hydrogens is 232 g/mol. The quantitative estimate of drug-likeness (QED) is 0.346. The second-order valence-electron chi connectivity index (χ2n) is 4.16. The Hall–Kier alpha value is -1.98. The first kappa shape index (κ1) is 14.1. The van der Waals surface area contributed by atoms with E-state index in [9.17, 15) is 0 Å². The molecule has 1 aromatic rings. The molecule has 1 heterocycles. The van der Waals surface area contributed by atoms with Gasteiger partial charge in [-0.1, -0.05) is 5.16 Å². The monoisotopic (exact) mass is 252 g/mol. The Morgan fingerprint density at radius 3 is 2.89 bits per heavy atom. The molecular formula is C12H20N4O2. The van der Waals surface area contributed by atoms with Crippen LogP contribution in [0.4, 0.5) is 5.82 Å². The van der Waals surface area contributed by atoms with E-state index in [1.54, 1.807) is 13.3 Å². The molecule has 18 heavy (non-hydrogen) atoms. The van der Waals surface area contributed by atoms with Crippen LogP contribution in [0.15, 0.2) is 23.5 Å². The lowest BCUT2D eigenvalue weighted by Crippen LogP contribution is -2.35. The zero-order chi connectivity index (χ0) is 13.5. The molecule has 0 unspecified atom stereocenters. The van der Waals surface area contributed by atoms with E-state index in [0.717, 1.165) is 5.82 Å². The van der Waals surface area contributed by atoms with Crippen molar-refractivity contribution in [2.75, 3.05) is 18.6 Å². The standard InChI is InChI=1S/C12H20N4O2/c1-9(2)16(8-6-11(13)15-17)12-10(18-3)5-4-7-14-12/h4-5,7,9,17H,6,8H2,1-3H3,(H2,13,15). The molecule has 0 aliphatic rings. The third kappa shape index (κ3) is 3.51. The predicted molar refractivity (Wildman–Crippen MR) is 71.3 cm³/mol. The van der Waals surface area contributed by atoms with Crippen molar-refractivity contribution >= 4 is 11.7 Å². The van der Waals surface area contributed by atoms with E-state index in [0.29, 0.717) is 18.7 Å². The normalized spacial score (nSPS) is 11.7. The van der Waals surface area contributed by atoms with Crippen molar-refractivity contribution in [1.82, 2.24) is 4.98 Å². The summed E-state index contributed by atoms with van der Waals surface area (Å²) in [6, 6.07) is 3.92. The van der Waals surface area contributed by atoms with Gasteiger partial charge in [0, 0.05) is 25.2 Å². The number of hydrogen-bond acceptors (Lipinski definition) is 5. The molecule has 100 valence electrons. The Morgan fingerprint density at radius 2 is 2.33 bits per heavy atom. The van der Waals surface area contributed by atoms with Crippen molar-refractivity contribution < 1.29 is 9.94 Å². The zero-order valence-corrected chi connectivity index (χ0v) is 11.0. The summed E-state index contributed by atoms with van der Waals surface area (Å²) in [6.45, 7) is 4.72. The second kappa shape index (κ2) is 6.68. The Balaban J connectivity index is 2.90. The summed E-state index contributed by atoms with van der Waals surface area (Å²) < 4.78 is 5.29. The molecule has 0 aliphatic carbocycles. The van der Waals surface area contributed by atoms with Gasteiger partial charge >= 0.3 is 0 Å². The lowest BCUT2D eigenvalue weighted by Gasteiger charge is -2.28. The highest BCUT2D eigenvalue weighted by molar-refractivity contribution is 5.80. The van der Waals surface area contributed by atoms with E-state index in [1.807, 2.05) is 12.1 Å². The van der Waals surface area contributed by atoms with Crippen molar-refractivity contribution in [3.05, 3.63) is 18.3 Å². The number of ether oxygens (including phenoxy) is 1. The smallest absolute Gasteiger partial charge is 0.171 e. The van der Waals surface area contributed by atoms with Crippen LogP contribution >= 0.6 is 0 Å². The van der Waals surface area contributed by atoms with Gasteiger partial charge in [0.15, 0.2) is 11.6 Å². The highest BCUT2D eigenvalue weighted by Crippen LogP contribution is 2.26. The molecule has 0 atom stereocenters. The lowest BCUT2D eigenvalue weighted by molar-refractivity contribution is 0.317. The van der Waals surface area contributed by atoms with Gasteiger partial charge in [-0.2, -0.15) is 0 Å². The van der Waals surface area contributed by atoms with E-state index >= 15 is 0 Å². The van der Waals surface area contributed by atoms with Gasteiger partial charge in [-0.3, -0.25) is 0 Å². The topological polar surface area (TPSA) is 84.0 Å². The van der Waals surface area contributed by atoms with Gasteiger partial charge < -0.3 is 20.6 Å². The van der Waals surface area contributed by atoms with Gasteiger partial charge in [0.05, 0.1) is 7.11 Å². The molecule has 1 rings (SSSR count). The Labute approximate surface area is 107 Å². The molecule has 1 aromatic heterocycles. The summed E-state index contributed by atoms with van der Waals surface area (Å²) in [7, 11) is 1.61. The maximum atomic E-state index is 8.56. The van der Waals surface area contributed by atoms with Gasteiger partial charge in [-0.25, -0.2) is 4.98 Å². The largest absolute Gasteiger partial charge is 0.493 e. The summed E-state index contributed by atoms with van der Waals surface area (Å²) in [6.07, 6.45) is 2.19. The second-order valence-corrected chi connectivity index (χ2v) is 4.16. The third-order valence-corrected chi connectivity index (χ3v) is 2.60. The van der Waals surface area contributed by atoms with Crippen LogP contribution in [0.25, 0.3) is 0 Å². The molecule has 0 amide bonds. The lowest BCUT2D eigenvalue weighted by atomic mass is 10.2. The van der Waals surface area contributed by atoms with Crippen molar-refractivity contribution in [3.63, 3.8) is 0 Å². The number of nitrogens with zero attached hydrogens (tertiary/aromatic N) is 3. The molecule has 0 fully saturated rings. The summed E-state index contributed by atoms with van der Waals surface area (Å²) in [5, 5.41) is 11.5. The molecule has 0 saturated heterocycles. The van der Waals surface area contributed by atoms with Crippen LogP contribution in [0.2, 0.25) is 0 Å². The van der Waals surface area contributed by atoms with E-state index in [4.69, 9.17) is 15.7 Å². The molecule has 0 radical (unpaired) electrons. The maximum absolute atomic E-state index is 8.56. The molecule has 0 spiro atoms. The van der Waals surface area contributed by atoms with Crippen molar-refractivity contribution in [2.24, 2.45) is 10.9 Å². The van der Waals surface area contributed by atoms with Gasteiger partial charge in [0.2, 0.25) is 0 Å². The molecule has 6 nitrogen and oxygen atoms in total. The maximum Gasteiger partial charge on any atom is 0.171 e. The van der Waals surface area contributed by atoms with Crippen LogP contribution in [0.1, 0.15) is 20.3 Å². The summed E-state index contributed by atoms with van der Waals surface area (Å²) in [5.41, 5.74) is 5.49. The summed E-state index contributed by atoms with van der Waals surface area (Å²) in [4.78, 5) is 6.39. The number of nitrogens with two attached hydrogens (primary N) is 1. The highest BCUT2D eigenvalue weighted by Gasteiger charge is 2.16. The van der Waals surface area contributed by atoms with E-state index in [2.05, 4.69) is 28.9 Å². The number of methoxy groups -OCH3 is 1. The number of pyridine rings is 1. The van der Waals surface area contributed by atoms with Crippen LogP contribution in [0.5, 0.6) is 5.75 Å². The number of rotatable bonds is 6. The minimum absolute atomic E-state index is 0.204. The number of oxime groups is 1. The minimum atomic E-state index is 0.204. The van der Waals surface area contributed by atoms with Gasteiger partial charge in [0.1, 0.15) is 5.84 Å². The SMILES string of the molecule is COc1cccnc1N(CC/C(N)=N/O)C(C)C. The van der Waals surface area contributed by atoms with Gasteiger partial charge in [-0.05, 0) is 26.0 Å². The van der Waals surface area contributed by atoms with Crippen molar-refractivity contribution in [1.29, 1.82) is 0 Å². The zero-order valence-electron chi connectivity index (χ0n) is 11.0. The van der Waals surface area contributed by atoms with Gasteiger partial charge in [-0.15, -0.1) is 0 Å². The van der Waals surface area contributed by atoms with E-state index < -0.39 is 0 Å². The summed E-state index contributed by atoms with van der Waals surface area (Å²) in [5.74, 6) is 1.68. The predicted octanol–water partition coefficient (Wildman–Crippen LogP) is 1.44. The Bertz CT molecular complexity index is 407. The van der Waals surface area contributed by atoms with Crippen molar-refractivity contribution in [2.45, 2.75) is 26.3 Å². The number of hydrogen-bond donors (Lipinski definition) is 2. The van der Waals surface area contributed by atoms with E-state index in [-0.39, 0.29) is 11.9 Å². The number of amidine groups is 1.